The molecule has 0 aromatic heterocycles. The summed E-state index contributed by atoms with van der Waals surface area (Å²) in [6.07, 6.45) is 0.396. The number of nitrogen functional groups attached to an aromatic ring is 1. The topological polar surface area (TPSA) is 72.6 Å². The standard InChI is InChI=1S/C10H13NO3/c1-3-8(12)6-4-7(11)10(13)9(5-6)14-2/h4-5,13H,3,11H2,1-2H3. The average molecular weight is 195 g/mol. The molecule has 14 heavy (non-hydrogen) atoms. The number of methoxy groups -OCH3 is 1. The predicted octanol–water partition coefficient (Wildman–Crippen LogP) is 1.58. The number of Topliss-reactive ketones (excluding diaryl/α,β-unsaturated/α-hetero) is 1. The summed E-state index contributed by atoms with van der Waals surface area (Å²) in [4.78, 5) is 11.4. The predicted molar refractivity (Wildman–Crippen MR) is 53.7 cm³/mol. The Balaban J connectivity index is 3.22. The van der Waals surface area contributed by atoms with Crippen LogP contribution in [0.1, 0.15) is 23.7 Å². The summed E-state index contributed by atoms with van der Waals surface area (Å²) < 4.78 is 4.88. The van der Waals surface area contributed by atoms with Gasteiger partial charge in [0.1, 0.15) is 0 Å². The third-order valence-electron chi connectivity index (χ3n) is 1.97. The molecule has 76 valence electrons. The normalized spacial score (nSPS) is 9.86. The summed E-state index contributed by atoms with van der Waals surface area (Å²) in [5.41, 5.74) is 6.12. The van der Waals surface area contributed by atoms with Gasteiger partial charge >= 0.3 is 0 Å². The summed E-state index contributed by atoms with van der Waals surface area (Å²) in [6.45, 7) is 1.76. The van der Waals surface area contributed by atoms with Crippen LogP contribution in [0.2, 0.25) is 0 Å². The van der Waals surface area contributed by atoms with Gasteiger partial charge < -0.3 is 15.6 Å². The highest BCUT2D eigenvalue weighted by Gasteiger charge is 2.11. The maximum atomic E-state index is 11.4. The van der Waals surface area contributed by atoms with Crippen LogP contribution in [0.4, 0.5) is 5.69 Å². The second kappa shape index (κ2) is 4.00. The molecule has 0 fully saturated rings. The Morgan fingerprint density at radius 3 is 2.71 bits per heavy atom. The van der Waals surface area contributed by atoms with Crippen molar-refractivity contribution in [2.24, 2.45) is 0 Å². The SMILES string of the molecule is CCC(=O)c1cc(N)c(O)c(OC)c1. The number of phenols is 1. The van der Waals surface area contributed by atoms with E-state index >= 15 is 0 Å². The Bertz CT molecular complexity index is 361. The zero-order chi connectivity index (χ0) is 10.7. The lowest BCUT2D eigenvalue weighted by molar-refractivity contribution is 0.0988. The molecule has 4 nitrogen and oxygen atoms in total. The lowest BCUT2D eigenvalue weighted by Crippen LogP contribution is -2.00. The molecule has 0 unspecified atom stereocenters. The molecule has 0 atom stereocenters. The number of ether oxygens (including phenoxy) is 1. The Kier molecular flexibility index (Phi) is 2.96. The largest absolute Gasteiger partial charge is 0.503 e. The van der Waals surface area contributed by atoms with Crippen LogP contribution in [0.3, 0.4) is 0 Å². The molecule has 1 rings (SSSR count). The minimum atomic E-state index is -0.125. The lowest BCUT2D eigenvalue weighted by atomic mass is 10.1. The second-order valence-electron chi connectivity index (χ2n) is 2.89. The monoisotopic (exact) mass is 195 g/mol. The number of anilines is 1. The van der Waals surface area contributed by atoms with Gasteiger partial charge in [0.25, 0.3) is 0 Å². The van der Waals surface area contributed by atoms with E-state index in [-0.39, 0.29) is 23.0 Å². The summed E-state index contributed by atoms with van der Waals surface area (Å²) in [5, 5.41) is 9.42. The molecule has 0 radical (unpaired) electrons. The first kappa shape index (κ1) is 10.4. The van der Waals surface area contributed by atoms with E-state index in [1.54, 1.807) is 6.92 Å². The van der Waals surface area contributed by atoms with Gasteiger partial charge in [0.2, 0.25) is 0 Å². The van der Waals surface area contributed by atoms with E-state index in [1.165, 1.54) is 19.2 Å². The first-order valence-corrected chi connectivity index (χ1v) is 4.29. The Morgan fingerprint density at radius 2 is 2.21 bits per heavy atom. The van der Waals surface area contributed by atoms with Gasteiger partial charge in [-0.2, -0.15) is 0 Å². The molecule has 1 aromatic carbocycles. The summed E-state index contributed by atoms with van der Waals surface area (Å²) in [7, 11) is 1.41. The maximum absolute atomic E-state index is 11.4. The van der Waals surface area contributed by atoms with Crippen molar-refractivity contribution < 1.29 is 14.6 Å². The average Bonchev–Trinajstić information content (AvgIpc) is 2.20. The quantitative estimate of drug-likeness (QED) is 0.436. The van der Waals surface area contributed by atoms with Crippen LogP contribution in [0.25, 0.3) is 0 Å². The van der Waals surface area contributed by atoms with E-state index in [2.05, 4.69) is 0 Å². The highest BCUT2D eigenvalue weighted by atomic mass is 16.5. The van der Waals surface area contributed by atoms with Crippen molar-refractivity contribution in [2.75, 3.05) is 12.8 Å². The number of rotatable bonds is 3. The van der Waals surface area contributed by atoms with Crippen molar-refractivity contribution in [2.45, 2.75) is 13.3 Å². The van der Waals surface area contributed by atoms with Gasteiger partial charge in [-0.1, -0.05) is 6.92 Å². The molecule has 0 aliphatic rings. The van der Waals surface area contributed by atoms with Crippen LogP contribution >= 0.6 is 0 Å². The fourth-order valence-corrected chi connectivity index (χ4v) is 1.15. The number of phenolic OH excluding ortho intramolecular Hbond substituents is 1. The molecular weight excluding hydrogens is 182 g/mol. The van der Waals surface area contributed by atoms with E-state index in [1.807, 2.05) is 0 Å². The van der Waals surface area contributed by atoms with Crippen molar-refractivity contribution in [3.63, 3.8) is 0 Å². The number of hydrogen-bond acceptors (Lipinski definition) is 4. The molecule has 0 spiro atoms. The third kappa shape index (κ3) is 1.79. The zero-order valence-corrected chi connectivity index (χ0v) is 8.20. The van der Waals surface area contributed by atoms with Gasteiger partial charge in [0.15, 0.2) is 17.3 Å². The molecule has 0 amide bonds. The molecule has 0 aliphatic heterocycles. The number of ketones is 1. The number of aromatic hydroxyl groups is 1. The van der Waals surface area contributed by atoms with E-state index < -0.39 is 0 Å². The first-order chi connectivity index (χ1) is 6.60. The molecule has 4 heteroatoms. The summed E-state index contributed by atoms with van der Waals surface area (Å²) in [5.74, 6) is 0.0666. The molecule has 3 N–H and O–H groups in total. The Hall–Kier alpha value is -1.71. The van der Waals surface area contributed by atoms with Gasteiger partial charge in [-0.25, -0.2) is 0 Å². The molecule has 1 aromatic rings. The minimum absolute atomic E-state index is 0.0324. The van der Waals surface area contributed by atoms with E-state index in [9.17, 15) is 9.90 Å². The summed E-state index contributed by atoms with van der Waals surface area (Å²) >= 11 is 0. The van der Waals surface area contributed by atoms with Crippen LogP contribution < -0.4 is 10.5 Å². The van der Waals surface area contributed by atoms with Crippen LogP contribution in [0, 0.1) is 0 Å². The van der Waals surface area contributed by atoms with E-state index in [4.69, 9.17) is 10.5 Å². The fraction of sp³-hybridized carbons (Fsp3) is 0.300. The van der Waals surface area contributed by atoms with Gasteiger partial charge in [0.05, 0.1) is 12.8 Å². The van der Waals surface area contributed by atoms with Crippen molar-refractivity contribution in [3.8, 4) is 11.5 Å². The van der Waals surface area contributed by atoms with Crippen LogP contribution in [-0.4, -0.2) is 18.0 Å². The molecule has 0 heterocycles. The number of carbonyl (C=O) groups is 1. The van der Waals surface area contributed by atoms with Gasteiger partial charge in [-0.3, -0.25) is 4.79 Å². The zero-order valence-electron chi connectivity index (χ0n) is 8.20. The number of hydrogen-bond donors (Lipinski definition) is 2. The van der Waals surface area contributed by atoms with Gasteiger partial charge in [0, 0.05) is 12.0 Å². The maximum Gasteiger partial charge on any atom is 0.181 e. The third-order valence-corrected chi connectivity index (χ3v) is 1.97. The molecule has 0 saturated carbocycles. The van der Waals surface area contributed by atoms with E-state index in [0.29, 0.717) is 12.0 Å². The van der Waals surface area contributed by atoms with Crippen LogP contribution in [-0.2, 0) is 0 Å². The highest BCUT2D eigenvalue weighted by Crippen LogP contribution is 2.33. The Morgan fingerprint density at radius 1 is 1.57 bits per heavy atom. The highest BCUT2D eigenvalue weighted by molar-refractivity contribution is 5.97. The number of nitrogens with two attached hydrogens (primary N) is 1. The van der Waals surface area contributed by atoms with Crippen molar-refractivity contribution in [1.82, 2.24) is 0 Å². The molecular formula is C10H13NO3. The first-order valence-electron chi connectivity index (χ1n) is 4.29. The van der Waals surface area contributed by atoms with Crippen molar-refractivity contribution >= 4 is 11.5 Å². The minimum Gasteiger partial charge on any atom is -0.503 e. The van der Waals surface area contributed by atoms with Crippen LogP contribution in [0.5, 0.6) is 11.5 Å². The smallest absolute Gasteiger partial charge is 0.181 e. The van der Waals surface area contributed by atoms with E-state index in [0.717, 1.165) is 0 Å². The molecule has 0 aliphatic carbocycles. The Labute approximate surface area is 82.3 Å². The van der Waals surface area contributed by atoms with Crippen molar-refractivity contribution in [1.29, 1.82) is 0 Å². The number of carbonyl (C=O) groups excluding carboxylic acids is 1. The second-order valence-corrected chi connectivity index (χ2v) is 2.89. The summed E-state index contributed by atoms with van der Waals surface area (Å²) in [6, 6.07) is 2.93. The number of benzene rings is 1. The van der Waals surface area contributed by atoms with Gasteiger partial charge in [-0.15, -0.1) is 0 Å². The fourth-order valence-electron chi connectivity index (χ4n) is 1.15. The van der Waals surface area contributed by atoms with Crippen LogP contribution in [0.15, 0.2) is 12.1 Å². The lowest BCUT2D eigenvalue weighted by Gasteiger charge is -2.08. The van der Waals surface area contributed by atoms with Gasteiger partial charge in [-0.05, 0) is 12.1 Å². The van der Waals surface area contributed by atoms with Crippen molar-refractivity contribution in [3.05, 3.63) is 17.7 Å². The molecule has 0 saturated heterocycles. The molecule has 0 bridgehead atoms.